The SMILES string of the molecule is CCNCc1ccnn1CCC1CCCO1. The van der Waals surface area contributed by atoms with Gasteiger partial charge in [0.2, 0.25) is 0 Å². The van der Waals surface area contributed by atoms with Gasteiger partial charge in [-0.2, -0.15) is 5.10 Å². The molecule has 1 N–H and O–H groups in total. The molecular weight excluding hydrogens is 202 g/mol. The van der Waals surface area contributed by atoms with Crippen LogP contribution in [0, 0.1) is 0 Å². The zero-order valence-corrected chi connectivity index (χ0v) is 9.98. The molecule has 1 atom stereocenters. The van der Waals surface area contributed by atoms with Crippen LogP contribution in [-0.4, -0.2) is 29.0 Å². The maximum Gasteiger partial charge on any atom is 0.0593 e. The standard InChI is InChI=1S/C12H21N3O/c1-2-13-10-11-5-7-14-15(11)8-6-12-4-3-9-16-12/h5,7,12-13H,2-4,6,8-10H2,1H3. The van der Waals surface area contributed by atoms with Crippen LogP contribution in [0.2, 0.25) is 0 Å². The molecule has 0 bridgehead atoms. The van der Waals surface area contributed by atoms with Gasteiger partial charge in [0.05, 0.1) is 11.8 Å². The molecule has 1 aromatic heterocycles. The van der Waals surface area contributed by atoms with Crippen molar-refractivity contribution in [1.82, 2.24) is 15.1 Å². The van der Waals surface area contributed by atoms with E-state index in [1.165, 1.54) is 18.5 Å². The Bertz CT molecular complexity index is 305. The van der Waals surface area contributed by atoms with Crippen LogP contribution in [0.25, 0.3) is 0 Å². The predicted octanol–water partition coefficient (Wildman–Crippen LogP) is 1.56. The van der Waals surface area contributed by atoms with Crippen LogP contribution in [-0.2, 0) is 17.8 Å². The maximum absolute atomic E-state index is 5.62. The van der Waals surface area contributed by atoms with Crippen molar-refractivity contribution < 1.29 is 4.74 Å². The number of rotatable bonds is 6. The molecule has 16 heavy (non-hydrogen) atoms. The fraction of sp³-hybridized carbons (Fsp3) is 0.750. The van der Waals surface area contributed by atoms with Crippen LogP contribution in [0.1, 0.15) is 31.9 Å². The van der Waals surface area contributed by atoms with Gasteiger partial charge in [0.25, 0.3) is 0 Å². The van der Waals surface area contributed by atoms with Crippen molar-refractivity contribution in [3.63, 3.8) is 0 Å². The van der Waals surface area contributed by atoms with Crippen LogP contribution < -0.4 is 5.32 Å². The molecule has 0 spiro atoms. The minimum absolute atomic E-state index is 0.455. The van der Waals surface area contributed by atoms with E-state index in [0.717, 1.165) is 32.7 Å². The van der Waals surface area contributed by atoms with E-state index in [0.29, 0.717) is 6.10 Å². The fourth-order valence-electron chi connectivity index (χ4n) is 2.10. The number of nitrogens with zero attached hydrogens (tertiary/aromatic N) is 2. The van der Waals surface area contributed by atoms with Gasteiger partial charge in [-0.1, -0.05) is 6.92 Å². The normalized spacial score (nSPS) is 20.4. The summed E-state index contributed by atoms with van der Waals surface area (Å²) in [7, 11) is 0. The van der Waals surface area contributed by atoms with E-state index in [4.69, 9.17) is 4.74 Å². The number of nitrogens with one attached hydrogen (secondary N) is 1. The third-order valence-electron chi connectivity index (χ3n) is 3.05. The number of hydrogen-bond donors (Lipinski definition) is 1. The molecule has 1 fully saturated rings. The fourth-order valence-corrected chi connectivity index (χ4v) is 2.10. The molecule has 1 aromatic rings. The van der Waals surface area contributed by atoms with Gasteiger partial charge in [-0.3, -0.25) is 4.68 Å². The molecule has 0 radical (unpaired) electrons. The second kappa shape index (κ2) is 6.01. The molecule has 90 valence electrons. The summed E-state index contributed by atoms with van der Waals surface area (Å²) in [6, 6.07) is 2.08. The molecule has 1 saturated heterocycles. The first-order valence-electron chi connectivity index (χ1n) is 6.23. The Morgan fingerprint density at radius 1 is 1.62 bits per heavy atom. The van der Waals surface area contributed by atoms with Crippen molar-refractivity contribution >= 4 is 0 Å². The van der Waals surface area contributed by atoms with E-state index in [2.05, 4.69) is 28.1 Å². The molecule has 2 heterocycles. The lowest BCUT2D eigenvalue weighted by Crippen LogP contribution is -2.18. The summed E-state index contributed by atoms with van der Waals surface area (Å²) in [4.78, 5) is 0. The van der Waals surface area contributed by atoms with Crippen molar-refractivity contribution in [3.8, 4) is 0 Å². The summed E-state index contributed by atoms with van der Waals surface area (Å²) in [6.07, 6.45) is 5.84. The average Bonchev–Trinajstić information content (AvgIpc) is 2.94. The second-order valence-electron chi connectivity index (χ2n) is 4.25. The molecular formula is C12H21N3O. The third kappa shape index (κ3) is 3.06. The summed E-state index contributed by atoms with van der Waals surface area (Å²) in [6.45, 7) is 5.93. The minimum atomic E-state index is 0.455. The van der Waals surface area contributed by atoms with Gasteiger partial charge in [-0.05, 0) is 31.9 Å². The van der Waals surface area contributed by atoms with Gasteiger partial charge < -0.3 is 10.1 Å². The summed E-state index contributed by atoms with van der Waals surface area (Å²) in [5.41, 5.74) is 1.26. The highest BCUT2D eigenvalue weighted by molar-refractivity contribution is 5.00. The van der Waals surface area contributed by atoms with E-state index >= 15 is 0 Å². The Labute approximate surface area is 97.0 Å². The van der Waals surface area contributed by atoms with Gasteiger partial charge in [0.15, 0.2) is 0 Å². The first-order chi connectivity index (χ1) is 7.90. The van der Waals surface area contributed by atoms with Gasteiger partial charge in [-0.15, -0.1) is 0 Å². The summed E-state index contributed by atoms with van der Waals surface area (Å²) >= 11 is 0. The Balaban J connectivity index is 1.80. The number of aromatic nitrogens is 2. The smallest absolute Gasteiger partial charge is 0.0593 e. The van der Waals surface area contributed by atoms with Gasteiger partial charge in [0.1, 0.15) is 0 Å². The van der Waals surface area contributed by atoms with Crippen molar-refractivity contribution in [2.24, 2.45) is 0 Å². The van der Waals surface area contributed by atoms with E-state index < -0.39 is 0 Å². The monoisotopic (exact) mass is 223 g/mol. The quantitative estimate of drug-likeness (QED) is 0.795. The predicted molar refractivity (Wildman–Crippen MR) is 63.2 cm³/mol. The zero-order valence-electron chi connectivity index (χ0n) is 9.98. The van der Waals surface area contributed by atoms with Crippen molar-refractivity contribution in [1.29, 1.82) is 0 Å². The second-order valence-corrected chi connectivity index (χ2v) is 4.25. The molecule has 4 nitrogen and oxygen atoms in total. The lowest BCUT2D eigenvalue weighted by Gasteiger charge is -2.11. The summed E-state index contributed by atoms with van der Waals surface area (Å²) in [5.74, 6) is 0. The maximum atomic E-state index is 5.62. The Morgan fingerprint density at radius 2 is 2.56 bits per heavy atom. The first kappa shape index (κ1) is 11.6. The average molecular weight is 223 g/mol. The highest BCUT2D eigenvalue weighted by Gasteiger charge is 2.15. The molecule has 1 aliphatic heterocycles. The van der Waals surface area contributed by atoms with Crippen molar-refractivity contribution in [2.45, 2.75) is 45.4 Å². The zero-order chi connectivity index (χ0) is 11.2. The lowest BCUT2D eigenvalue weighted by atomic mass is 10.2. The largest absolute Gasteiger partial charge is 0.378 e. The van der Waals surface area contributed by atoms with Gasteiger partial charge in [0, 0.05) is 25.9 Å². The molecule has 4 heteroatoms. The molecule has 0 aliphatic carbocycles. The minimum Gasteiger partial charge on any atom is -0.378 e. The van der Waals surface area contributed by atoms with E-state index in [-0.39, 0.29) is 0 Å². The first-order valence-corrected chi connectivity index (χ1v) is 6.23. The number of hydrogen-bond acceptors (Lipinski definition) is 3. The van der Waals surface area contributed by atoms with Crippen molar-refractivity contribution in [2.75, 3.05) is 13.2 Å². The van der Waals surface area contributed by atoms with Crippen LogP contribution in [0.3, 0.4) is 0 Å². The van der Waals surface area contributed by atoms with Gasteiger partial charge >= 0.3 is 0 Å². The highest BCUT2D eigenvalue weighted by Crippen LogP contribution is 2.16. The molecule has 2 rings (SSSR count). The highest BCUT2D eigenvalue weighted by atomic mass is 16.5. The Morgan fingerprint density at radius 3 is 3.31 bits per heavy atom. The molecule has 1 unspecified atom stereocenters. The van der Waals surface area contributed by atoms with Crippen molar-refractivity contribution in [3.05, 3.63) is 18.0 Å². The topological polar surface area (TPSA) is 39.1 Å². The van der Waals surface area contributed by atoms with Crippen LogP contribution >= 0.6 is 0 Å². The van der Waals surface area contributed by atoms with Gasteiger partial charge in [-0.25, -0.2) is 0 Å². The van der Waals surface area contributed by atoms with Crippen LogP contribution in [0.4, 0.5) is 0 Å². The molecule has 0 aromatic carbocycles. The summed E-state index contributed by atoms with van der Waals surface area (Å²) < 4.78 is 7.70. The Hall–Kier alpha value is -0.870. The van der Waals surface area contributed by atoms with Crippen LogP contribution in [0.5, 0.6) is 0 Å². The lowest BCUT2D eigenvalue weighted by molar-refractivity contribution is 0.0992. The third-order valence-corrected chi connectivity index (χ3v) is 3.05. The van der Waals surface area contributed by atoms with E-state index in [1.807, 2.05) is 6.20 Å². The molecule has 0 amide bonds. The van der Waals surface area contributed by atoms with E-state index in [9.17, 15) is 0 Å². The summed E-state index contributed by atoms with van der Waals surface area (Å²) in [5, 5.41) is 7.68. The number of ether oxygens (including phenoxy) is 1. The Kier molecular flexibility index (Phi) is 4.36. The molecule has 0 saturated carbocycles. The van der Waals surface area contributed by atoms with E-state index in [1.54, 1.807) is 0 Å². The van der Waals surface area contributed by atoms with Crippen LogP contribution in [0.15, 0.2) is 12.3 Å². The molecule has 1 aliphatic rings. The number of aryl methyl sites for hydroxylation is 1.